The zero-order valence-corrected chi connectivity index (χ0v) is 10.4. The van der Waals surface area contributed by atoms with E-state index in [1.807, 2.05) is 0 Å². The van der Waals surface area contributed by atoms with Gasteiger partial charge < -0.3 is 10.6 Å². The van der Waals surface area contributed by atoms with E-state index in [0.29, 0.717) is 18.9 Å². The third-order valence-electron chi connectivity index (χ3n) is 1.51. The molecule has 0 aromatic carbocycles. The number of nitrogens with one attached hydrogen (secondary N) is 2. The van der Waals surface area contributed by atoms with E-state index in [-0.39, 0.29) is 11.2 Å². The summed E-state index contributed by atoms with van der Waals surface area (Å²) >= 11 is 8.91. The summed E-state index contributed by atoms with van der Waals surface area (Å²) in [5.74, 6) is 0.553. The summed E-state index contributed by atoms with van der Waals surface area (Å²) in [5.41, 5.74) is 0. The maximum atomic E-state index is 10.6. The second-order valence-corrected chi connectivity index (χ2v) is 3.94. The van der Waals surface area contributed by atoms with Crippen molar-refractivity contribution in [1.82, 2.24) is 15.3 Å². The standard InChI is InChI=1S/C8H10BrClN4O/c1-5(15)11-2-3-12-7-6(9)4-13-8(10)14-7/h4H,2-3H2,1H3,(H,11,15)(H,12,13,14). The summed E-state index contributed by atoms with van der Waals surface area (Å²) in [6, 6.07) is 0. The van der Waals surface area contributed by atoms with Crippen molar-refractivity contribution in [2.75, 3.05) is 18.4 Å². The molecule has 0 bridgehead atoms. The van der Waals surface area contributed by atoms with Gasteiger partial charge in [-0.05, 0) is 27.5 Å². The SMILES string of the molecule is CC(=O)NCCNc1nc(Cl)ncc1Br. The van der Waals surface area contributed by atoms with Crippen LogP contribution in [-0.4, -0.2) is 29.0 Å². The number of carbonyl (C=O) groups is 1. The quantitative estimate of drug-likeness (QED) is 0.651. The van der Waals surface area contributed by atoms with Crippen LogP contribution in [0.4, 0.5) is 5.82 Å². The monoisotopic (exact) mass is 292 g/mol. The molecule has 0 radical (unpaired) electrons. The highest BCUT2D eigenvalue weighted by molar-refractivity contribution is 9.10. The number of halogens is 2. The molecule has 0 aliphatic rings. The zero-order chi connectivity index (χ0) is 11.3. The third-order valence-corrected chi connectivity index (χ3v) is 2.27. The number of anilines is 1. The fourth-order valence-corrected chi connectivity index (χ4v) is 1.35. The third kappa shape index (κ3) is 4.44. The molecule has 0 saturated carbocycles. The maximum Gasteiger partial charge on any atom is 0.224 e. The molecule has 0 saturated heterocycles. The Labute approximate surface area is 101 Å². The van der Waals surface area contributed by atoms with Gasteiger partial charge in [0.15, 0.2) is 0 Å². The lowest BCUT2D eigenvalue weighted by atomic mass is 10.5. The molecule has 0 aliphatic heterocycles. The highest BCUT2D eigenvalue weighted by Crippen LogP contribution is 2.19. The van der Waals surface area contributed by atoms with E-state index in [4.69, 9.17) is 11.6 Å². The average molecular weight is 294 g/mol. The van der Waals surface area contributed by atoms with Crippen LogP contribution >= 0.6 is 27.5 Å². The van der Waals surface area contributed by atoms with Crippen molar-refractivity contribution in [3.8, 4) is 0 Å². The molecule has 2 N–H and O–H groups in total. The van der Waals surface area contributed by atoms with Crippen molar-refractivity contribution in [3.63, 3.8) is 0 Å². The van der Waals surface area contributed by atoms with Crippen LogP contribution < -0.4 is 10.6 Å². The highest BCUT2D eigenvalue weighted by atomic mass is 79.9. The largest absolute Gasteiger partial charge is 0.367 e. The van der Waals surface area contributed by atoms with Crippen molar-refractivity contribution in [3.05, 3.63) is 16.0 Å². The molecule has 1 rings (SSSR count). The molecule has 0 atom stereocenters. The van der Waals surface area contributed by atoms with Crippen molar-refractivity contribution < 1.29 is 4.79 Å². The molecule has 7 heteroatoms. The highest BCUT2D eigenvalue weighted by Gasteiger charge is 2.02. The second kappa shape index (κ2) is 5.87. The van der Waals surface area contributed by atoms with E-state index in [9.17, 15) is 4.79 Å². The lowest BCUT2D eigenvalue weighted by molar-refractivity contribution is -0.118. The van der Waals surface area contributed by atoms with Gasteiger partial charge in [0.1, 0.15) is 5.82 Å². The molecule has 1 amide bonds. The predicted molar refractivity (Wildman–Crippen MR) is 61.9 cm³/mol. The lowest BCUT2D eigenvalue weighted by Gasteiger charge is -2.07. The van der Waals surface area contributed by atoms with Gasteiger partial charge in [-0.15, -0.1) is 0 Å². The van der Waals surface area contributed by atoms with Gasteiger partial charge in [-0.2, -0.15) is 4.98 Å². The minimum absolute atomic E-state index is 0.0587. The summed E-state index contributed by atoms with van der Waals surface area (Å²) in [5, 5.41) is 5.85. The van der Waals surface area contributed by atoms with Crippen LogP contribution in [0.1, 0.15) is 6.92 Å². The van der Waals surface area contributed by atoms with Crippen LogP contribution in [0.5, 0.6) is 0 Å². The number of aromatic nitrogens is 2. The minimum atomic E-state index is -0.0587. The molecule has 0 aliphatic carbocycles. The Morgan fingerprint density at radius 1 is 1.60 bits per heavy atom. The fraction of sp³-hybridized carbons (Fsp3) is 0.375. The van der Waals surface area contributed by atoms with E-state index >= 15 is 0 Å². The van der Waals surface area contributed by atoms with Gasteiger partial charge in [-0.25, -0.2) is 4.98 Å². The molecule has 0 fully saturated rings. The first-order valence-electron chi connectivity index (χ1n) is 4.26. The van der Waals surface area contributed by atoms with E-state index in [0.717, 1.165) is 4.47 Å². The number of hydrogen-bond acceptors (Lipinski definition) is 4. The van der Waals surface area contributed by atoms with Gasteiger partial charge in [0.25, 0.3) is 0 Å². The Kier molecular flexibility index (Phi) is 4.77. The van der Waals surface area contributed by atoms with Gasteiger partial charge in [-0.3, -0.25) is 4.79 Å². The Hall–Kier alpha value is -0.880. The number of amides is 1. The van der Waals surface area contributed by atoms with Gasteiger partial charge in [0.2, 0.25) is 11.2 Å². The Morgan fingerprint density at radius 3 is 3.00 bits per heavy atom. The zero-order valence-electron chi connectivity index (χ0n) is 8.05. The number of hydrogen-bond donors (Lipinski definition) is 2. The van der Waals surface area contributed by atoms with Crippen LogP contribution in [0, 0.1) is 0 Å². The second-order valence-electron chi connectivity index (χ2n) is 2.75. The summed E-state index contributed by atoms with van der Waals surface area (Å²) < 4.78 is 0.731. The first-order chi connectivity index (χ1) is 7.09. The Bertz CT molecular complexity index is 360. The summed E-state index contributed by atoms with van der Waals surface area (Å²) in [6.45, 7) is 2.58. The minimum Gasteiger partial charge on any atom is -0.367 e. The number of rotatable bonds is 4. The van der Waals surface area contributed by atoms with E-state index in [2.05, 4.69) is 36.5 Å². The average Bonchev–Trinajstić information content (AvgIpc) is 2.17. The number of carbonyl (C=O) groups excluding carboxylic acids is 1. The molecule has 1 aromatic heterocycles. The van der Waals surface area contributed by atoms with Crippen LogP contribution in [0.3, 0.4) is 0 Å². The van der Waals surface area contributed by atoms with Crippen LogP contribution in [-0.2, 0) is 4.79 Å². The van der Waals surface area contributed by atoms with Crippen molar-refractivity contribution in [2.24, 2.45) is 0 Å². The van der Waals surface area contributed by atoms with Gasteiger partial charge in [0, 0.05) is 26.2 Å². The molecular formula is C8H10BrClN4O. The Morgan fingerprint density at radius 2 is 2.33 bits per heavy atom. The Balaban J connectivity index is 2.43. The van der Waals surface area contributed by atoms with Crippen molar-refractivity contribution in [1.29, 1.82) is 0 Å². The van der Waals surface area contributed by atoms with Gasteiger partial charge >= 0.3 is 0 Å². The molecule has 0 spiro atoms. The summed E-state index contributed by atoms with van der Waals surface area (Å²) in [6.07, 6.45) is 1.57. The van der Waals surface area contributed by atoms with Crippen LogP contribution in [0.15, 0.2) is 10.7 Å². The summed E-state index contributed by atoms with van der Waals surface area (Å²) in [4.78, 5) is 18.3. The topological polar surface area (TPSA) is 66.9 Å². The van der Waals surface area contributed by atoms with Gasteiger partial charge in [0.05, 0.1) is 4.47 Å². The lowest BCUT2D eigenvalue weighted by Crippen LogP contribution is -2.26. The number of nitrogens with zero attached hydrogens (tertiary/aromatic N) is 2. The molecule has 82 valence electrons. The van der Waals surface area contributed by atoms with Gasteiger partial charge in [-0.1, -0.05) is 0 Å². The van der Waals surface area contributed by atoms with E-state index in [1.165, 1.54) is 6.92 Å². The van der Waals surface area contributed by atoms with Crippen LogP contribution in [0.2, 0.25) is 5.28 Å². The fourth-order valence-electron chi connectivity index (χ4n) is 0.889. The van der Waals surface area contributed by atoms with Crippen LogP contribution in [0.25, 0.3) is 0 Å². The molecule has 1 aromatic rings. The predicted octanol–water partition coefficient (Wildman–Crippen LogP) is 1.44. The van der Waals surface area contributed by atoms with E-state index in [1.54, 1.807) is 6.20 Å². The molecule has 1 heterocycles. The molecule has 15 heavy (non-hydrogen) atoms. The first-order valence-corrected chi connectivity index (χ1v) is 5.43. The molecule has 0 unspecified atom stereocenters. The molecular weight excluding hydrogens is 283 g/mol. The van der Waals surface area contributed by atoms with Crippen molar-refractivity contribution >= 4 is 39.3 Å². The summed E-state index contributed by atoms with van der Waals surface area (Å²) in [7, 11) is 0. The maximum absolute atomic E-state index is 10.6. The first kappa shape index (κ1) is 12.2. The van der Waals surface area contributed by atoms with E-state index < -0.39 is 0 Å². The smallest absolute Gasteiger partial charge is 0.224 e. The normalized spacial score (nSPS) is 9.80. The molecule has 5 nitrogen and oxygen atoms in total. The van der Waals surface area contributed by atoms with Crippen molar-refractivity contribution in [2.45, 2.75) is 6.92 Å².